The van der Waals surface area contributed by atoms with Crippen LogP contribution in [0.25, 0.3) is 10.8 Å². The molecule has 0 saturated heterocycles. The fraction of sp³-hybridized carbons (Fsp3) is 0.500. The maximum absolute atomic E-state index is 12.7. The Morgan fingerprint density at radius 3 is 2.54 bits per heavy atom. The number of benzene rings is 1. The van der Waals surface area contributed by atoms with Crippen LogP contribution < -0.4 is 5.56 Å². The number of ether oxygens (including phenoxy) is 2. The van der Waals surface area contributed by atoms with Crippen LogP contribution in [0.15, 0.2) is 23.0 Å². The Kier molecular flexibility index (Phi) is 5.72. The van der Waals surface area contributed by atoms with Crippen molar-refractivity contribution in [1.82, 2.24) is 9.78 Å². The summed E-state index contributed by atoms with van der Waals surface area (Å²) in [6.07, 6.45) is -0.0728. The summed E-state index contributed by atoms with van der Waals surface area (Å²) in [4.78, 5) is 24.4. The maximum atomic E-state index is 12.7. The highest BCUT2D eigenvalue weighted by molar-refractivity contribution is 5.85. The third-order valence-corrected chi connectivity index (χ3v) is 3.97. The molecule has 2 aromatic rings. The zero-order chi connectivity index (χ0) is 17.9. The fourth-order valence-corrected chi connectivity index (χ4v) is 2.58. The molecule has 0 aliphatic rings. The molecule has 0 saturated carbocycles. The lowest BCUT2D eigenvalue weighted by atomic mass is 9.99. The zero-order valence-corrected chi connectivity index (χ0v) is 14.8. The molecule has 0 aliphatic carbocycles. The second-order valence-electron chi connectivity index (χ2n) is 5.99. The van der Waals surface area contributed by atoms with Crippen LogP contribution in [-0.4, -0.2) is 29.5 Å². The van der Waals surface area contributed by atoms with E-state index in [1.807, 2.05) is 32.9 Å². The lowest BCUT2D eigenvalue weighted by Crippen LogP contribution is -2.29. The zero-order valence-electron chi connectivity index (χ0n) is 14.8. The molecule has 1 atom stereocenters. The molecule has 2 rings (SSSR count). The van der Waals surface area contributed by atoms with Gasteiger partial charge in [-0.2, -0.15) is 5.10 Å². The smallest absolute Gasteiger partial charge is 0.327 e. The second-order valence-corrected chi connectivity index (χ2v) is 5.99. The molecule has 0 spiro atoms. The van der Waals surface area contributed by atoms with Crippen LogP contribution >= 0.6 is 0 Å². The van der Waals surface area contributed by atoms with E-state index in [-0.39, 0.29) is 30.7 Å². The molecular formula is C18H24N2O4. The van der Waals surface area contributed by atoms with Crippen molar-refractivity contribution < 1.29 is 14.3 Å². The maximum Gasteiger partial charge on any atom is 0.327 e. The van der Waals surface area contributed by atoms with Crippen molar-refractivity contribution in [3.05, 3.63) is 39.8 Å². The predicted octanol–water partition coefficient (Wildman–Crippen LogP) is 2.79. The molecule has 0 aliphatic heterocycles. The molecule has 0 bridgehead atoms. The number of methoxy groups -OCH3 is 1. The summed E-state index contributed by atoms with van der Waals surface area (Å²) < 4.78 is 11.5. The van der Waals surface area contributed by atoms with Gasteiger partial charge in [-0.3, -0.25) is 9.59 Å². The molecule has 130 valence electrons. The molecule has 0 radical (unpaired) electrons. The van der Waals surface area contributed by atoms with Gasteiger partial charge in [-0.1, -0.05) is 19.9 Å². The summed E-state index contributed by atoms with van der Waals surface area (Å²) in [5.74, 6) is -0.361. The van der Waals surface area contributed by atoms with E-state index >= 15 is 0 Å². The fourth-order valence-electron chi connectivity index (χ4n) is 2.58. The molecule has 1 unspecified atom stereocenters. The van der Waals surface area contributed by atoms with E-state index in [1.165, 1.54) is 4.68 Å². The normalized spacial score (nSPS) is 12.6. The van der Waals surface area contributed by atoms with Crippen LogP contribution in [0.3, 0.4) is 0 Å². The highest BCUT2D eigenvalue weighted by Crippen LogP contribution is 2.25. The first-order valence-electron chi connectivity index (χ1n) is 8.12. The van der Waals surface area contributed by atoms with E-state index in [9.17, 15) is 9.59 Å². The van der Waals surface area contributed by atoms with E-state index in [0.29, 0.717) is 5.39 Å². The number of aromatic nitrogens is 2. The summed E-state index contributed by atoms with van der Waals surface area (Å²) in [5.41, 5.74) is 1.47. The average Bonchev–Trinajstić information content (AvgIpc) is 2.56. The van der Waals surface area contributed by atoms with Gasteiger partial charge >= 0.3 is 5.97 Å². The highest BCUT2D eigenvalue weighted by atomic mass is 16.5. The molecule has 1 aromatic carbocycles. The van der Waals surface area contributed by atoms with E-state index in [4.69, 9.17) is 9.47 Å². The van der Waals surface area contributed by atoms with Crippen molar-refractivity contribution in [3.8, 4) is 0 Å². The first-order chi connectivity index (χ1) is 11.4. The quantitative estimate of drug-likeness (QED) is 0.761. The van der Waals surface area contributed by atoms with Crippen molar-refractivity contribution in [2.24, 2.45) is 0 Å². The van der Waals surface area contributed by atoms with Gasteiger partial charge in [0.2, 0.25) is 0 Å². The minimum absolute atomic E-state index is 0.0728. The second kappa shape index (κ2) is 7.57. The van der Waals surface area contributed by atoms with Gasteiger partial charge in [-0.15, -0.1) is 0 Å². The monoisotopic (exact) mass is 332 g/mol. The Morgan fingerprint density at radius 2 is 1.96 bits per heavy atom. The third-order valence-electron chi connectivity index (χ3n) is 3.97. The van der Waals surface area contributed by atoms with Crippen LogP contribution in [0.1, 0.15) is 51.0 Å². The van der Waals surface area contributed by atoms with E-state index < -0.39 is 5.97 Å². The minimum atomic E-state index is -0.467. The summed E-state index contributed by atoms with van der Waals surface area (Å²) in [6, 6.07) is 5.59. The summed E-state index contributed by atoms with van der Waals surface area (Å²) >= 11 is 0. The average molecular weight is 332 g/mol. The van der Waals surface area contributed by atoms with Crippen LogP contribution in [0.4, 0.5) is 0 Å². The minimum Gasteiger partial charge on any atom is -0.465 e. The number of esters is 1. The van der Waals surface area contributed by atoms with Crippen LogP contribution in [0.2, 0.25) is 0 Å². The largest absolute Gasteiger partial charge is 0.465 e. The predicted molar refractivity (Wildman–Crippen MR) is 92.1 cm³/mol. The number of fused-ring (bicyclic) bond motifs is 1. The number of carbonyl (C=O) groups excluding carboxylic acids is 1. The van der Waals surface area contributed by atoms with Crippen molar-refractivity contribution in [3.63, 3.8) is 0 Å². The summed E-state index contributed by atoms with van der Waals surface area (Å²) in [5, 5.41) is 5.76. The Bertz CT molecular complexity index is 795. The Morgan fingerprint density at radius 1 is 1.25 bits per heavy atom. The highest BCUT2D eigenvalue weighted by Gasteiger charge is 2.17. The van der Waals surface area contributed by atoms with Crippen molar-refractivity contribution >= 4 is 16.7 Å². The van der Waals surface area contributed by atoms with Gasteiger partial charge in [-0.05, 0) is 37.5 Å². The summed E-state index contributed by atoms with van der Waals surface area (Å²) in [7, 11) is 1.65. The molecular weight excluding hydrogens is 308 g/mol. The number of nitrogens with zero attached hydrogens (tertiary/aromatic N) is 2. The molecule has 1 aromatic heterocycles. The van der Waals surface area contributed by atoms with E-state index in [1.54, 1.807) is 20.1 Å². The van der Waals surface area contributed by atoms with Gasteiger partial charge in [-0.25, -0.2) is 4.68 Å². The lowest BCUT2D eigenvalue weighted by Gasteiger charge is -2.15. The van der Waals surface area contributed by atoms with Gasteiger partial charge in [0.15, 0.2) is 0 Å². The SMILES string of the molecule is CCOC(=O)Cn1nc(C(C)C)c2cc(C(C)OC)ccc2c1=O. The standard InChI is InChI=1S/C18H24N2O4/c1-6-24-16(21)10-20-18(22)14-8-7-13(12(4)23-5)9-15(14)17(19-20)11(2)3/h7-9,11-12H,6,10H2,1-5H3. The molecule has 6 heteroatoms. The van der Waals surface area contributed by atoms with Gasteiger partial charge in [0.05, 0.1) is 23.8 Å². The topological polar surface area (TPSA) is 70.4 Å². The Hall–Kier alpha value is -2.21. The van der Waals surface area contributed by atoms with Gasteiger partial charge < -0.3 is 9.47 Å². The first-order valence-corrected chi connectivity index (χ1v) is 8.12. The molecule has 0 N–H and O–H groups in total. The Labute approximate surface area is 141 Å². The first kappa shape index (κ1) is 18.1. The van der Waals surface area contributed by atoms with Crippen LogP contribution in [-0.2, 0) is 20.8 Å². The summed E-state index contributed by atoms with van der Waals surface area (Å²) in [6.45, 7) is 7.79. The Balaban J connectivity index is 2.63. The number of rotatable bonds is 6. The van der Waals surface area contributed by atoms with E-state index in [2.05, 4.69) is 5.10 Å². The molecule has 6 nitrogen and oxygen atoms in total. The van der Waals surface area contributed by atoms with E-state index in [0.717, 1.165) is 16.6 Å². The molecule has 24 heavy (non-hydrogen) atoms. The van der Waals surface area contributed by atoms with Crippen molar-refractivity contribution in [1.29, 1.82) is 0 Å². The number of hydrogen-bond acceptors (Lipinski definition) is 5. The van der Waals surface area contributed by atoms with Gasteiger partial charge in [0.25, 0.3) is 5.56 Å². The molecule has 0 fully saturated rings. The van der Waals surface area contributed by atoms with Crippen molar-refractivity contribution in [2.75, 3.05) is 13.7 Å². The van der Waals surface area contributed by atoms with Crippen LogP contribution in [0, 0.1) is 0 Å². The number of hydrogen-bond donors (Lipinski definition) is 0. The van der Waals surface area contributed by atoms with Gasteiger partial charge in [0.1, 0.15) is 6.54 Å². The van der Waals surface area contributed by atoms with Gasteiger partial charge in [0, 0.05) is 12.5 Å². The molecule has 0 amide bonds. The number of carbonyl (C=O) groups is 1. The van der Waals surface area contributed by atoms with Crippen molar-refractivity contribution in [2.45, 2.75) is 46.3 Å². The third kappa shape index (κ3) is 3.64. The lowest BCUT2D eigenvalue weighted by molar-refractivity contribution is -0.144. The molecule has 1 heterocycles. The van der Waals surface area contributed by atoms with Crippen LogP contribution in [0.5, 0.6) is 0 Å².